The van der Waals surface area contributed by atoms with Gasteiger partial charge in [-0.1, -0.05) is 0 Å². The van der Waals surface area contributed by atoms with Gasteiger partial charge in [-0.25, -0.2) is 0 Å². The Labute approximate surface area is 62.7 Å². The van der Waals surface area contributed by atoms with Crippen LogP contribution in [0.1, 0.15) is 20.8 Å². The maximum atomic E-state index is 9.43. The minimum absolute atomic E-state index is 0.500. The molecular weight excluding hydrogens is 130 g/mol. The standard InChI is InChI=1S/C4H10O.C3H7NO/c1-4(2,3)5;1-4(2)3-5/h5H,1-3H3;3H,1-2H3. The molecule has 0 unspecified atom stereocenters. The molecule has 0 aliphatic carbocycles. The number of carbonyl (C=O) groups excluding carboxylic acids is 1. The fourth-order valence-corrected chi connectivity index (χ4v) is 0. The van der Waals surface area contributed by atoms with E-state index < -0.39 is 5.60 Å². The lowest BCUT2D eigenvalue weighted by molar-refractivity contribution is -0.115. The van der Waals surface area contributed by atoms with E-state index >= 15 is 0 Å². The molecule has 0 aliphatic heterocycles. The highest BCUT2D eigenvalue weighted by atomic mass is 16.3. The van der Waals surface area contributed by atoms with Crippen molar-refractivity contribution in [1.29, 1.82) is 0 Å². The summed E-state index contributed by atoms with van der Waals surface area (Å²) in [6, 6.07) is 0. The van der Waals surface area contributed by atoms with E-state index in [0.717, 1.165) is 6.41 Å². The van der Waals surface area contributed by atoms with Gasteiger partial charge in [0.15, 0.2) is 0 Å². The summed E-state index contributed by atoms with van der Waals surface area (Å²) < 4.78 is 0. The van der Waals surface area contributed by atoms with E-state index in [1.807, 2.05) is 0 Å². The summed E-state index contributed by atoms with van der Waals surface area (Å²) in [5, 5.41) is 8.52. The molecule has 0 radical (unpaired) electrons. The van der Waals surface area contributed by atoms with Gasteiger partial charge in [0.2, 0.25) is 6.41 Å². The number of hydrogen-bond donors (Lipinski definition) is 1. The normalized spacial score (nSPS) is 9.40. The summed E-state index contributed by atoms with van der Waals surface area (Å²) >= 11 is 0. The number of hydrogen-bond acceptors (Lipinski definition) is 2. The van der Waals surface area contributed by atoms with Crippen LogP contribution >= 0.6 is 0 Å². The fourth-order valence-electron chi connectivity index (χ4n) is 0. The molecule has 10 heavy (non-hydrogen) atoms. The third-order valence-corrected chi connectivity index (χ3v) is 0.211. The third kappa shape index (κ3) is 150. The topological polar surface area (TPSA) is 40.5 Å². The molecule has 0 aromatic carbocycles. The van der Waals surface area contributed by atoms with Crippen LogP contribution in [0.2, 0.25) is 0 Å². The van der Waals surface area contributed by atoms with Gasteiger partial charge in [-0.15, -0.1) is 0 Å². The summed E-state index contributed by atoms with van der Waals surface area (Å²) in [6.07, 6.45) is 0.750. The largest absolute Gasteiger partial charge is 0.391 e. The molecule has 0 bridgehead atoms. The maximum Gasteiger partial charge on any atom is 0.209 e. The van der Waals surface area contributed by atoms with Gasteiger partial charge in [-0.3, -0.25) is 4.79 Å². The van der Waals surface area contributed by atoms with Crippen molar-refractivity contribution in [3.63, 3.8) is 0 Å². The number of carbonyl (C=O) groups is 1. The van der Waals surface area contributed by atoms with Gasteiger partial charge in [-0.2, -0.15) is 0 Å². The predicted molar refractivity (Wildman–Crippen MR) is 41.7 cm³/mol. The quantitative estimate of drug-likeness (QED) is 0.548. The second-order valence-corrected chi connectivity index (χ2v) is 3.24. The van der Waals surface area contributed by atoms with Crippen molar-refractivity contribution in [1.82, 2.24) is 4.90 Å². The van der Waals surface area contributed by atoms with E-state index in [9.17, 15) is 4.79 Å². The monoisotopic (exact) mass is 147 g/mol. The second-order valence-electron chi connectivity index (χ2n) is 3.24. The summed E-state index contributed by atoms with van der Waals surface area (Å²) in [7, 11) is 3.38. The minimum atomic E-state index is -0.500. The molecular formula is C7H17NO2. The van der Waals surface area contributed by atoms with Crippen molar-refractivity contribution in [2.24, 2.45) is 0 Å². The van der Waals surface area contributed by atoms with E-state index in [-0.39, 0.29) is 0 Å². The number of amides is 1. The SMILES string of the molecule is CC(C)(C)O.CN(C)C=O. The van der Waals surface area contributed by atoms with Gasteiger partial charge >= 0.3 is 0 Å². The van der Waals surface area contributed by atoms with Gasteiger partial charge in [0.25, 0.3) is 0 Å². The van der Waals surface area contributed by atoms with Gasteiger partial charge in [0.05, 0.1) is 5.60 Å². The van der Waals surface area contributed by atoms with Crippen LogP contribution in [0.4, 0.5) is 0 Å². The molecule has 62 valence electrons. The summed E-state index contributed by atoms with van der Waals surface area (Å²) in [4.78, 5) is 10.9. The Hall–Kier alpha value is -0.570. The van der Waals surface area contributed by atoms with Gasteiger partial charge in [-0.05, 0) is 20.8 Å². The van der Waals surface area contributed by atoms with Crippen LogP contribution in [-0.4, -0.2) is 36.1 Å². The minimum Gasteiger partial charge on any atom is -0.391 e. The molecule has 0 spiro atoms. The van der Waals surface area contributed by atoms with Crippen molar-refractivity contribution < 1.29 is 9.90 Å². The fraction of sp³-hybridized carbons (Fsp3) is 0.857. The Balaban J connectivity index is 0. The molecule has 0 rings (SSSR count). The van der Waals surface area contributed by atoms with Crippen molar-refractivity contribution >= 4 is 6.41 Å². The van der Waals surface area contributed by atoms with E-state index in [1.54, 1.807) is 34.9 Å². The lowest BCUT2D eigenvalue weighted by atomic mass is 10.2. The van der Waals surface area contributed by atoms with Crippen LogP contribution in [0.5, 0.6) is 0 Å². The molecule has 3 heteroatoms. The lowest BCUT2D eigenvalue weighted by Crippen LogP contribution is -2.10. The van der Waals surface area contributed by atoms with E-state index in [2.05, 4.69) is 0 Å². The molecule has 1 N–H and O–H groups in total. The van der Waals surface area contributed by atoms with E-state index in [0.29, 0.717) is 0 Å². The lowest BCUT2D eigenvalue weighted by Gasteiger charge is -2.04. The number of nitrogens with zero attached hydrogens (tertiary/aromatic N) is 1. The Bertz CT molecular complexity index is 78.1. The zero-order chi connectivity index (χ0) is 8.78. The van der Waals surface area contributed by atoms with Crippen molar-refractivity contribution in [3.05, 3.63) is 0 Å². The Morgan fingerprint density at radius 1 is 1.30 bits per heavy atom. The molecule has 0 fully saturated rings. The molecule has 1 amide bonds. The average Bonchev–Trinajstić information content (AvgIpc) is 1.61. The average molecular weight is 147 g/mol. The molecule has 0 saturated carbocycles. The van der Waals surface area contributed by atoms with Crippen LogP contribution in [0.3, 0.4) is 0 Å². The Morgan fingerprint density at radius 2 is 1.40 bits per heavy atom. The summed E-state index contributed by atoms with van der Waals surface area (Å²) in [5.41, 5.74) is -0.500. The number of rotatable bonds is 1. The maximum absolute atomic E-state index is 9.43. The first-order chi connectivity index (χ1) is 4.27. The Morgan fingerprint density at radius 3 is 1.40 bits per heavy atom. The van der Waals surface area contributed by atoms with Gasteiger partial charge in [0, 0.05) is 14.1 Å². The molecule has 0 aromatic heterocycles. The molecule has 0 aromatic rings. The Kier molecular flexibility index (Phi) is 6.35. The smallest absolute Gasteiger partial charge is 0.209 e. The summed E-state index contributed by atoms with van der Waals surface area (Å²) in [6.45, 7) is 5.23. The first kappa shape index (κ1) is 12.1. The van der Waals surface area contributed by atoms with Crippen LogP contribution in [0.25, 0.3) is 0 Å². The third-order valence-electron chi connectivity index (χ3n) is 0.211. The highest BCUT2D eigenvalue weighted by molar-refractivity contribution is 5.45. The zero-order valence-corrected chi connectivity index (χ0v) is 7.38. The molecule has 3 nitrogen and oxygen atoms in total. The van der Waals surface area contributed by atoms with Gasteiger partial charge in [0.1, 0.15) is 0 Å². The molecule has 0 heterocycles. The van der Waals surface area contributed by atoms with Crippen LogP contribution in [0, 0.1) is 0 Å². The van der Waals surface area contributed by atoms with Crippen LogP contribution < -0.4 is 0 Å². The molecule has 0 saturated heterocycles. The first-order valence-electron chi connectivity index (χ1n) is 3.11. The van der Waals surface area contributed by atoms with E-state index in [1.165, 1.54) is 4.90 Å². The van der Waals surface area contributed by atoms with Crippen molar-refractivity contribution in [3.8, 4) is 0 Å². The van der Waals surface area contributed by atoms with Crippen LogP contribution in [-0.2, 0) is 4.79 Å². The van der Waals surface area contributed by atoms with Gasteiger partial charge < -0.3 is 10.0 Å². The highest BCUT2D eigenvalue weighted by Gasteiger charge is 1.97. The predicted octanol–water partition coefficient (Wildman–Crippen LogP) is 0.482. The van der Waals surface area contributed by atoms with Crippen LogP contribution in [0.15, 0.2) is 0 Å². The van der Waals surface area contributed by atoms with E-state index in [4.69, 9.17) is 5.11 Å². The first-order valence-corrected chi connectivity index (χ1v) is 3.11. The zero-order valence-electron chi connectivity index (χ0n) is 7.38. The van der Waals surface area contributed by atoms with Crippen molar-refractivity contribution in [2.75, 3.05) is 14.1 Å². The summed E-state index contributed by atoms with van der Waals surface area (Å²) in [5.74, 6) is 0. The highest BCUT2D eigenvalue weighted by Crippen LogP contribution is 1.93. The molecule has 0 atom stereocenters. The molecule has 0 aliphatic rings. The number of aliphatic hydroxyl groups is 1. The van der Waals surface area contributed by atoms with Crippen molar-refractivity contribution in [2.45, 2.75) is 26.4 Å². The second kappa shape index (κ2) is 5.23.